The summed E-state index contributed by atoms with van der Waals surface area (Å²) in [6.07, 6.45) is -0.724. The van der Waals surface area contributed by atoms with Crippen LogP contribution in [0.5, 0.6) is 0 Å². The van der Waals surface area contributed by atoms with E-state index in [1.54, 1.807) is 6.08 Å². The van der Waals surface area contributed by atoms with Crippen molar-refractivity contribution in [1.29, 1.82) is 0 Å². The van der Waals surface area contributed by atoms with Crippen molar-refractivity contribution in [2.75, 3.05) is 13.1 Å². The second kappa shape index (κ2) is 11.8. The lowest BCUT2D eigenvalue weighted by Crippen LogP contribution is -2.56. The predicted octanol–water partition coefficient (Wildman–Crippen LogP) is -1.64. The van der Waals surface area contributed by atoms with Crippen molar-refractivity contribution >= 4 is 17.3 Å². The van der Waals surface area contributed by atoms with Crippen LogP contribution in [-0.2, 0) is 0 Å². The Balaban J connectivity index is 2.71. The molecule has 7 atom stereocenters. The van der Waals surface area contributed by atoms with Crippen LogP contribution < -0.4 is 16.0 Å². The minimum absolute atomic E-state index is 0.193. The van der Waals surface area contributed by atoms with E-state index in [1.807, 2.05) is 13.8 Å². The Morgan fingerprint density at radius 3 is 2.50 bits per heavy atom. The van der Waals surface area contributed by atoms with Crippen LogP contribution in [0.15, 0.2) is 12.2 Å². The molecule has 1 aliphatic carbocycles. The maximum atomic E-state index is 10.5. The zero-order chi connectivity index (χ0) is 19.7. The van der Waals surface area contributed by atoms with Crippen LogP contribution in [0.4, 0.5) is 0 Å². The SMILES string of the molecule is CCNC(=S)NC(CNC1CC=CC(O)C(O)C1O)C(O)CC(O)CC. The van der Waals surface area contributed by atoms with Gasteiger partial charge in [-0.1, -0.05) is 19.1 Å². The highest BCUT2D eigenvalue weighted by atomic mass is 32.1. The monoisotopic (exact) mass is 391 g/mol. The second-order valence-corrected chi connectivity index (χ2v) is 7.03. The Labute approximate surface area is 160 Å². The van der Waals surface area contributed by atoms with Crippen LogP contribution in [-0.4, -0.2) is 86.3 Å². The van der Waals surface area contributed by atoms with Crippen molar-refractivity contribution in [2.24, 2.45) is 0 Å². The van der Waals surface area contributed by atoms with Crippen LogP contribution in [0.1, 0.15) is 33.1 Å². The van der Waals surface area contributed by atoms with E-state index in [-0.39, 0.29) is 13.0 Å². The van der Waals surface area contributed by atoms with Crippen LogP contribution in [0, 0.1) is 0 Å². The van der Waals surface area contributed by atoms with Gasteiger partial charge in [-0.25, -0.2) is 0 Å². The van der Waals surface area contributed by atoms with Crippen molar-refractivity contribution in [3.8, 4) is 0 Å². The smallest absolute Gasteiger partial charge is 0.166 e. The van der Waals surface area contributed by atoms with E-state index in [4.69, 9.17) is 12.2 Å². The molecule has 0 saturated carbocycles. The lowest BCUT2D eigenvalue weighted by atomic mass is 10.00. The molecule has 0 spiro atoms. The zero-order valence-electron chi connectivity index (χ0n) is 15.4. The van der Waals surface area contributed by atoms with E-state index >= 15 is 0 Å². The number of hydrogen-bond acceptors (Lipinski definition) is 7. The van der Waals surface area contributed by atoms with Gasteiger partial charge in [0.2, 0.25) is 0 Å². The number of aliphatic hydroxyl groups excluding tert-OH is 5. The molecule has 0 fully saturated rings. The molecule has 0 bridgehead atoms. The average Bonchev–Trinajstić information content (AvgIpc) is 2.72. The van der Waals surface area contributed by atoms with Gasteiger partial charge in [-0.15, -0.1) is 0 Å². The number of thiocarbonyl (C=S) groups is 1. The van der Waals surface area contributed by atoms with Crippen LogP contribution in [0.2, 0.25) is 0 Å². The molecule has 0 amide bonds. The quantitative estimate of drug-likeness (QED) is 0.172. The summed E-state index contributed by atoms with van der Waals surface area (Å²) in [5.74, 6) is 0. The molecule has 0 aromatic heterocycles. The molecule has 7 unspecified atom stereocenters. The molecule has 0 aliphatic heterocycles. The van der Waals surface area contributed by atoms with Gasteiger partial charge in [-0.05, 0) is 32.0 Å². The van der Waals surface area contributed by atoms with E-state index in [0.717, 1.165) is 0 Å². The highest BCUT2D eigenvalue weighted by Crippen LogP contribution is 2.15. The zero-order valence-corrected chi connectivity index (χ0v) is 16.2. The Bertz CT molecular complexity index is 454. The summed E-state index contributed by atoms with van der Waals surface area (Å²) in [7, 11) is 0. The van der Waals surface area contributed by atoms with Gasteiger partial charge in [-0.3, -0.25) is 0 Å². The van der Waals surface area contributed by atoms with Crippen molar-refractivity contribution in [2.45, 2.75) is 75.7 Å². The predicted molar refractivity (Wildman–Crippen MR) is 104 cm³/mol. The number of aliphatic hydroxyl groups is 5. The summed E-state index contributed by atoms with van der Waals surface area (Å²) >= 11 is 5.18. The van der Waals surface area contributed by atoms with Gasteiger partial charge in [0, 0.05) is 25.6 Å². The third-order valence-electron chi connectivity index (χ3n) is 4.54. The minimum Gasteiger partial charge on any atom is -0.393 e. The van der Waals surface area contributed by atoms with Gasteiger partial charge in [0.25, 0.3) is 0 Å². The molecule has 152 valence electrons. The Morgan fingerprint density at radius 1 is 1.19 bits per heavy atom. The summed E-state index contributed by atoms with van der Waals surface area (Å²) in [6, 6.07) is -0.983. The summed E-state index contributed by atoms with van der Waals surface area (Å²) in [5, 5.41) is 59.6. The molecule has 0 aromatic carbocycles. The first-order valence-electron chi connectivity index (χ1n) is 9.14. The van der Waals surface area contributed by atoms with E-state index in [0.29, 0.717) is 24.5 Å². The van der Waals surface area contributed by atoms with E-state index in [9.17, 15) is 25.5 Å². The fourth-order valence-electron chi connectivity index (χ4n) is 2.81. The molecule has 0 saturated heterocycles. The summed E-state index contributed by atoms with van der Waals surface area (Å²) in [6.45, 7) is 4.62. The van der Waals surface area contributed by atoms with Crippen LogP contribution in [0.25, 0.3) is 0 Å². The average molecular weight is 392 g/mol. The summed E-state index contributed by atoms with van der Waals surface area (Å²) in [4.78, 5) is 0. The normalized spacial score (nSPS) is 29.5. The van der Waals surface area contributed by atoms with E-state index in [2.05, 4.69) is 16.0 Å². The maximum Gasteiger partial charge on any atom is 0.166 e. The molecule has 26 heavy (non-hydrogen) atoms. The molecule has 0 heterocycles. The Morgan fingerprint density at radius 2 is 1.88 bits per heavy atom. The third-order valence-corrected chi connectivity index (χ3v) is 4.80. The van der Waals surface area contributed by atoms with Crippen molar-refractivity contribution in [1.82, 2.24) is 16.0 Å². The summed E-state index contributed by atoms with van der Waals surface area (Å²) in [5.41, 5.74) is 0. The lowest BCUT2D eigenvalue weighted by Gasteiger charge is -2.31. The number of rotatable bonds is 9. The lowest BCUT2D eigenvalue weighted by molar-refractivity contribution is -0.0531. The molecule has 1 aliphatic rings. The topological polar surface area (TPSA) is 137 Å². The molecular weight excluding hydrogens is 358 g/mol. The van der Waals surface area contributed by atoms with E-state index < -0.39 is 42.6 Å². The van der Waals surface area contributed by atoms with Gasteiger partial charge in [0.15, 0.2) is 5.11 Å². The third kappa shape index (κ3) is 7.43. The van der Waals surface area contributed by atoms with Gasteiger partial charge >= 0.3 is 0 Å². The van der Waals surface area contributed by atoms with Crippen molar-refractivity contribution in [3.05, 3.63) is 12.2 Å². The molecule has 8 N–H and O–H groups in total. The number of hydrogen-bond donors (Lipinski definition) is 8. The first-order valence-corrected chi connectivity index (χ1v) is 9.55. The van der Waals surface area contributed by atoms with Gasteiger partial charge in [0.1, 0.15) is 12.2 Å². The van der Waals surface area contributed by atoms with Gasteiger partial charge < -0.3 is 41.5 Å². The molecule has 8 nitrogen and oxygen atoms in total. The second-order valence-electron chi connectivity index (χ2n) is 6.63. The highest BCUT2D eigenvalue weighted by Gasteiger charge is 2.32. The maximum absolute atomic E-state index is 10.5. The first-order chi connectivity index (χ1) is 12.3. The van der Waals surface area contributed by atoms with Crippen molar-refractivity contribution < 1.29 is 25.5 Å². The summed E-state index contributed by atoms with van der Waals surface area (Å²) < 4.78 is 0. The Hall–Kier alpha value is -0.810. The standard InChI is InChI=1S/C17H33N3O5S/c1-3-10(21)8-14(23)12(20-17(26)18-4-2)9-19-11-6-5-7-13(22)16(25)15(11)24/h5,7,10-16,19,21-25H,3-4,6,8-9H2,1-2H3,(H2,18,20,26). The van der Waals surface area contributed by atoms with Gasteiger partial charge in [-0.2, -0.15) is 0 Å². The highest BCUT2D eigenvalue weighted by molar-refractivity contribution is 7.80. The molecule has 0 aromatic rings. The number of nitrogens with one attached hydrogen (secondary N) is 3. The molecule has 0 radical (unpaired) electrons. The molecular formula is C17H33N3O5S. The molecule has 9 heteroatoms. The molecule has 1 rings (SSSR count). The fourth-order valence-corrected chi connectivity index (χ4v) is 3.11. The first kappa shape index (κ1) is 23.2. The van der Waals surface area contributed by atoms with Crippen molar-refractivity contribution in [3.63, 3.8) is 0 Å². The largest absolute Gasteiger partial charge is 0.393 e. The van der Waals surface area contributed by atoms with Crippen LogP contribution in [0.3, 0.4) is 0 Å². The van der Waals surface area contributed by atoms with Gasteiger partial charge in [0.05, 0.1) is 24.4 Å². The van der Waals surface area contributed by atoms with E-state index in [1.165, 1.54) is 6.08 Å². The van der Waals surface area contributed by atoms with Crippen LogP contribution >= 0.6 is 12.2 Å². The fraction of sp³-hybridized carbons (Fsp3) is 0.824. The Kier molecular flexibility index (Phi) is 10.6. The minimum atomic E-state index is -1.28.